The highest BCUT2D eigenvalue weighted by molar-refractivity contribution is 8.07. The van der Waals surface area contributed by atoms with Gasteiger partial charge >= 0.3 is 12.4 Å². The van der Waals surface area contributed by atoms with Gasteiger partial charge in [0.05, 0.1) is 38.6 Å². The van der Waals surface area contributed by atoms with Crippen molar-refractivity contribution in [1.82, 2.24) is 29.1 Å². The third-order valence-electron chi connectivity index (χ3n) is 7.21. The summed E-state index contributed by atoms with van der Waals surface area (Å²) < 4.78 is 36.4. The molecule has 0 spiro atoms. The van der Waals surface area contributed by atoms with Crippen LogP contribution < -0.4 is 16.6 Å². The lowest BCUT2D eigenvalue weighted by Gasteiger charge is -2.28. The van der Waals surface area contributed by atoms with Crippen molar-refractivity contribution < 1.29 is 53.0 Å². The van der Waals surface area contributed by atoms with Crippen LogP contribution in [-0.4, -0.2) is 118 Å². The molecule has 2 fully saturated rings. The molecule has 3 aromatic rings. The van der Waals surface area contributed by atoms with E-state index in [2.05, 4.69) is 20.3 Å². The first-order chi connectivity index (χ1) is 22.9. The summed E-state index contributed by atoms with van der Waals surface area (Å²) in [5.41, 5.74) is -1.16. The number of H-pyrrole nitrogens is 1. The van der Waals surface area contributed by atoms with Gasteiger partial charge in [-0.3, -0.25) is 28.2 Å². The summed E-state index contributed by atoms with van der Waals surface area (Å²) >= 11 is 5.22. The van der Waals surface area contributed by atoms with E-state index in [0.29, 0.717) is 0 Å². The number of nitriles is 1. The summed E-state index contributed by atoms with van der Waals surface area (Å²) in [5, 5.41) is 42.6. The first-order valence-electron chi connectivity index (χ1n) is 14.2. The molecule has 23 heteroatoms. The van der Waals surface area contributed by atoms with Gasteiger partial charge in [0.25, 0.3) is 5.56 Å². The Balaban J connectivity index is 1.34. The molecule has 2 aliphatic rings. The van der Waals surface area contributed by atoms with Crippen LogP contribution in [-0.2, 0) is 44.6 Å². The molecule has 0 aliphatic carbocycles. The minimum Gasteiger partial charge on any atom is -0.394 e. The lowest BCUT2D eigenvalue weighted by Crippen LogP contribution is -2.38. The Bertz CT molecular complexity index is 1820. The number of rotatable bonds is 14. The van der Waals surface area contributed by atoms with Crippen LogP contribution >= 0.6 is 6.72 Å². The Morgan fingerprint density at radius 3 is 2.65 bits per heavy atom. The molecule has 48 heavy (non-hydrogen) atoms. The van der Waals surface area contributed by atoms with E-state index in [1.807, 2.05) is 11.1 Å². The summed E-state index contributed by atoms with van der Waals surface area (Å²) in [5.74, 6) is -0.271. The number of nitrogens with zero attached hydrogens (tertiary/aromatic N) is 6. The van der Waals surface area contributed by atoms with Gasteiger partial charge in [-0.15, -0.1) is 0 Å². The Morgan fingerprint density at radius 1 is 1.17 bits per heavy atom. The quantitative estimate of drug-likeness (QED) is 0.0583. The van der Waals surface area contributed by atoms with Crippen LogP contribution in [0.3, 0.4) is 0 Å². The molecular weight excluding hydrogens is 683 g/mol. The molecule has 9 atom stereocenters. The molecule has 5 heterocycles. The van der Waals surface area contributed by atoms with Gasteiger partial charge in [0.15, 0.2) is 29.4 Å². The molecule has 3 aromatic heterocycles. The van der Waals surface area contributed by atoms with Crippen LogP contribution in [0.1, 0.15) is 25.8 Å². The molecular formula is C25H31N8O13PS. The van der Waals surface area contributed by atoms with Gasteiger partial charge in [-0.2, -0.15) is 5.26 Å². The van der Waals surface area contributed by atoms with Crippen LogP contribution in [0.5, 0.6) is 0 Å². The molecule has 2 saturated heterocycles. The van der Waals surface area contributed by atoms with Crippen molar-refractivity contribution >= 4 is 41.4 Å². The first-order valence-corrected chi connectivity index (χ1v) is 16.8. The summed E-state index contributed by atoms with van der Waals surface area (Å²) in [6.45, 7) is -4.56. The fraction of sp³-hybridized carbons (Fsp3) is 0.560. The summed E-state index contributed by atoms with van der Waals surface area (Å²) in [7, 11) is 0. The van der Waals surface area contributed by atoms with Gasteiger partial charge in [-0.05, 0) is 11.8 Å². The van der Waals surface area contributed by atoms with Gasteiger partial charge in [-0.25, -0.2) is 19.7 Å². The summed E-state index contributed by atoms with van der Waals surface area (Å²) in [6, 6.07) is 2.95. The van der Waals surface area contributed by atoms with Gasteiger partial charge in [0.2, 0.25) is 5.91 Å². The zero-order valence-electron chi connectivity index (χ0n) is 25.0. The van der Waals surface area contributed by atoms with Crippen molar-refractivity contribution in [1.29, 1.82) is 5.26 Å². The molecule has 1 amide bonds. The fourth-order valence-corrected chi connectivity index (χ4v) is 6.50. The Morgan fingerprint density at radius 2 is 1.94 bits per heavy atom. The number of hydrogen-bond donors (Lipinski definition) is 6. The molecule has 0 radical (unpaired) electrons. The number of carbonyl (C=O) groups is 1. The smallest absolute Gasteiger partial charge is 0.330 e. The van der Waals surface area contributed by atoms with E-state index in [4.69, 9.17) is 45.1 Å². The third kappa shape index (κ3) is 7.84. The maximum atomic E-state index is 12.2. The van der Waals surface area contributed by atoms with E-state index in [-0.39, 0.29) is 36.8 Å². The number of nitrogens with one attached hydrogen (secondary N) is 2. The highest BCUT2D eigenvalue weighted by Crippen LogP contribution is 2.50. The molecule has 260 valence electrons. The van der Waals surface area contributed by atoms with E-state index in [0.717, 1.165) is 16.8 Å². The molecule has 21 nitrogen and oxygen atoms in total. The van der Waals surface area contributed by atoms with Crippen LogP contribution in [0.15, 0.2) is 34.5 Å². The number of hydrogen-bond acceptors (Lipinski definition) is 17. The van der Waals surface area contributed by atoms with Crippen molar-refractivity contribution in [3.63, 3.8) is 0 Å². The van der Waals surface area contributed by atoms with E-state index >= 15 is 0 Å². The molecule has 2 aliphatic heterocycles. The lowest BCUT2D eigenvalue weighted by atomic mass is 10.1. The second kappa shape index (κ2) is 15.3. The molecule has 0 bridgehead atoms. The SMILES string of the molecule is CC(=O)Nc1ncnc2c1ncn2[C@@H]1O[C@H](CO)[C@@H](OP(O)(=S)OC[C@H]2O[C@@H](n3ccc(=O)[nH]c3=O)[C@H](O)[C@@H]2O)[C@H]1OCOCCC#N. The Hall–Kier alpha value is -3.56. The molecule has 1 unspecified atom stereocenters. The standard InChI is InChI=1S/C25H31N8O13PS/c1-12(35)30-21-16-22(28-9-27-21)33(10-29-16)24-20(42-11-41-6-2-4-26)19(13(7-34)44-24)46-47(40,48)43-8-14-17(37)18(38)23(45-14)32-5-3-15(36)31-25(32)39/h3,5,9-10,13-14,17-20,23-24,34,37-38H,2,6-8,11H2,1H3,(H,40,48)(H,31,36,39)(H,27,28,30,35)/t13-,14-,17-,18-,19-,20-,23-,24-,47?/m1/s1. The number of imidazole rings is 1. The molecule has 6 N–H and O–H groups in total. The number of aromatic amines is 1. The van der Waals surface area contributed by atoms with Gasteiger partial charge in [0, 0.05) is 19.2 Å². The largest absolute Gasteiger partial charge is 0.394 e. The van der Waals surface area contributed by atoms with Crippen molar-refractivity contribution in [2.45, 2.75) is 62.4 Å². The van der Waals surface area contributed by atoms with E-state index in [1.165, 1.54) is 24.1 Å². The number of ether oxygens (including phenoxy) is 4. The molecule has 5 rings (SSSR count). The van der Waals surface area contributed by atoms with Crippen molar-refractivity contribution in [2.24, 2.45) is 0 Å². The summed E-state index contributed by atoms with van der Waals surface area (Å²) in [6.07, 6.45) is -7.04. The van der Waals surface area contributed by atoms with Crippen LogP contribution in [0.2, 0.25) is 0 Å². The molecule has 0 aromatic carbocycles. The highest BCUT2D eigenvalue weighted by atomic mass is 32.5. The third-order valence-corrected chi connectivity index (χ3v) is 8.77. The zero-order valence-corrected chi connectivity index (χ0v) is 26.7. The molecule has 0 saturated carbocycles. The number of anilines is 1. The number of carbonyl (C=O) groups excluding carboxylic acids is 1. The van der Waals surface area contributed by atoms with Crippen LogP contribution in [0.4, 0.5) is 5.82 Å². The number of amides is 1. The second-order valence-electron chi connectivity index (χ2n) is 10.4. The summed E-state index contributed by atoms with van der Waals surface area (Å²) in [4.78, 5) is 60.9. The van der Waals surface area contributed by atoms with E-state index in [1.54, 1.807) is 0 Å². The average Bonchev–Trinajstić information content (AvgIpc) is 3.70. The topological polar surface area (TPSA) is 288 Å². The van der Waals surface area contributed by atoms with E-state index < -0.39 is 86.2 Å². The minimum absolute atomic E-state index is 0.0356. The number of aliphatic hydroxyl groups excluding tert-OH is 3. The van der Waals surface area contributed by atoms with Crippen molar-refractivity contribution in [3.8, 4) is 6.07 Å². The average molecular weight is 715 g/mol. The number of fused-ring (bicyclic) bond motifs is 1. The number of aliphatic hydroxyl groups is 3. The predicted molar refractivity (Wildman–Crippen MR) is 161 cm³/mol. The van der Waals surface area contributed by atoms with Crippen molar-refractivity contribution in [2.75, 3.05) is 31.9 Å². The van der Waals surface area contributed by atoms with Gasteiger partial charge < -0.3 is 49.0 Å². The fourth-order valence-electron chi connectivity index (χ4n) is 5.06. The van der Waals surface area contributed by atoms with Crippen molar-refractivity contribution in [3.05, 3.63) is 45.8 Å². The van der Waals surface area contributed by atoms with Gasteiger partial charge in [0.1, 0.15) is 49.7 Å². The number of aromatic nitrogens is 6. The first kappa shape index (κ1) is 35.7. The second-order valence-corrected chi connectivity index (χ2v) is 13.2. The Kier molecular flexibility index (Phi) is 11.4. The zero-order chi connectivity index (χ0) is 34.6. The normalized spacial score (nSPS) is 28.3. The van der Waals surface area contributed by atoms with Crippen LogP contribution in [0, 0.1) is 11.3 Å². The highest BCUT2D eigenvalue weighted by Gasteiger charge is 2.51. The predicted octanol–water partition coefficient (Wildman–Crippen LogP) is -2.26. The monoisotopic (exact) mass is 714 g/mol. The Labute approximate surface area is 274 Å². The maximum Gasteiger partial charge on any atom is 0.330 e. The van der Waals surface area contributed by atoms with Gasteiger partial charge in [-0.1, -0.05) is 0 Å². The maximum absolute atomic E-state index is 12.2. The lowest BCUT2D eigenvalue weighted by molar-refractivity contribution is -0.136. The van der Waals surface area contributed by atoms with E-state index in [9.17, 15) is 34.6 Å². The minimum atomic E-state index is -4.27. The van der Waals surface area contributed by atoms with Crippen LogP contribution in [0.25, 0.3) is 11.2 Å².